The number of anilines is 1. The number of amides is 1. The molecule has 3 N–H and O–H groups in total. The van der Waals surface area contributed by atoms with Crippen molar-refractivity contribution in [2.24, 2.45) is 0 Å². The Morgan fingerprint density at radius 2 is 2.24 bits per heavy atom. The Morgan fingerprint density at radius 1 is 1.47 bits per heavy atom. The summed E-state index contributed by atoms with van der Waals surface area (Å²) in [6, 6.07) is 7.74. The van der Waals surface area contributed by atoms with Crippen LogP contribution in [0, 0.1) is 0 Å². The number of aliphatic hydroxyl groups excluding tert-OH is 1. The molecule has 0 radical (unpaired) electrons. The van der Waals surface area contributed by atoms with Crippen LogP contribution in [0.3, 0.4) is 0 Å². The van der Waals surface area contributed by atoms with E-state index >= 15 is 0 Å². The molecule has 94 valence electrons. The minimum Gasteiger partial charge on any atom is -0.395 e. The molecule has 0 bridgehead atoms. The van der Waals surface area contributed by atoms with Gasteiger partial charge < -0.3 is 15.7 Å². The SMILES string of the molecule is CCC(C)Nc1cccc(C(=O)NCCO)c1. The molecule has 0 spiro atoms. The summed E-state index contributed by atoms with van der Waals surface area (Å²) >= 11 is 0. The van der Waals surface area contributed by atoms with E-state index in [2.05, 4.69) is 24.5 Å². The van der Waals surface area contributed by atoms with Crippen LogP contribution in [0.4, 0.5) is 5.69 Å². The van der Waals surface area contributed by atoms with E-state index in [1.165, 1.54) is 0 Å². The molecule has 1 amide bonds. The van der Waals surface area contributed by atoms with Crippen LogP contribution >= 0.6 is 0 Å². The van der Waals surface area contributed by atoms with Gasteiger partial charge in [0.05, 0.1) is 6.61 Å². The largest absolute Gasteiger partial charge is 0.395 e. The maximum atomic E-state index is 11.7. The van der Waals surface area contributed by atoms with Crippen LogP contribution < -0.4 is 10.6 Å². The second-order valence-corrected chi connectivity index (χ2v) is 4.01. The van der Waals surface area contributed by atoms with Crippen LogP contribution in [0.1, 0.15) is 30.6 Å². The highest BCUT2D eigenvalue weighted by atomic mass is 16.3. The van der Waals surface area contributed by atoms with Crippen LogP contribution in [0.5, 0.6) is 0 Å². The lowest BCUT2D eigenvalue weighted by Crippen LogP contribution is -2.26. The second-order valence-electron chi connectivity index (χ2n) is 4.01. The van der Waals surface area contributed by atoms with E-state index in [4.69, 9.17) is 5.11 Å². The first-order valence-corrected chi connectivity index (χ1v) is 5.93. The van der Waals surface area contributed by atoms with Crippen LogP contribution in [0.2, 0.25) is 0 Å². The maximum Gasteiger partial charge on any atom is 0.251 e. The summed E-state index contributed by atoms with van der Waals surface area (Å²) in [6.45, 7) is 4.44. The molecule has 1 aromatic rings. The van der Waals surface area contributed by atoms with Crippen LogP contribution in [0.15, 0.2) is 24.3 Å². The number of nitrogens with one attached hydrogen (secondary N) is 2. The van der Waals surface area contributed by atoms with Crippen molar-refractivity contribution in [3.63, 3.8) is 0 Å². The average molecular weight is 236 g/mol. The molecule has 0 aliphatic rings. The fourth-order valence-corrected chi connectivity index (χ4v) is 1.41. The van der Waals surface area contributed by atoms with Crippen molar-refractivity contribution < 1.29 is 9.90 Å². The minimum atomic E-state index is -0.160. The van der Waals surface area contributed by atoms with Crippen molar-refractivity contribution in [1.82, 2.24) is 5.32 Å². The first-order valence-electron chi connectivity index (χ1n) is 5.93. The molecule has 0 aliphatic heterocycles. The first kappa shape index (κ1) is 13.5. The van der Waals surface area contributed by atoms with E-state index in [9.17, 15) is 4.79 Å². The number of hydrogen-bond acceptors (Lipinski definition) is 3. The fraction of sp³-hybridized carbons (Fsp3) is 0.462. The molecule has 0 fully saturated rings. The number of benzene rings is 1. The highest BCUT2D eigenvalue weighted by Crippen LogP contribution is 2.12. The van der Waals surface area contributed by atoms with Gasteiger partial charge in [-0.2, -0.15) is 0 Å². The summed E-state index contributed by atoms with van der Waals surface area (Å²) in [5.41, 5.74) is 1.54. The number of rotatable bonds is 6. The number of aliphatic hydroxyl groups is 1. The maximum absolute atomic E-state index is 11.7. The van der Waals surface area contributed by atoms with Gasteiger partial charge in [-0.25, -0.2) is 0 Å². The molecular weight excluding hydrogens is 216 g/mol. The Morgan fingerprint density at radius 3 is 2.88 bits per heavy atom. The molecule has 1 aromatic carbocycles. The summed E-state index contributed by atoms with van der Waals surface area (Å²) in [5, 5.41) is 14.6. The smallest absolute Gasteiger partial charge is 0.251 e. The lowest BCUT2D eigenvalue weighted by molar-refractivity contribution is 0.0945. The van der Waals surface area contributed by atoms with Gasteiger partial charge in [-0.3, -0.25) is 4.79 Å². The van der Waals surface area contributed by atoms with E-state index in [1.54, 1.807) is 6.07 Å². The van der Waals surface area contributed by atoms with Crippen molar-refractivity contribution in [3.8, 4) is 0 Å². The Kier molecular flexibility index (Phi) is 5.49. The van der Waals surface area contributed by atoms with E-state index in [1.807, 2.05) is 18.2 Å². The third kappa shape index (κ3) is 4.44. The second kappa shape index (κ2) is 6.91. The molecule has 0 saturated heterocycles. The highest BCUT2D eigenvalue weighted by molar-refractivity contribution is 5.95. The minimum absolute atomic E-state index is 0.0451. The molecule has 4 heteroatoms. The highest BCUT2D eigenvalue weighted by Gasteiger charge is 2.06. The molecule has 1 atom stereocenters. The van der Waals surface area contributed by atoms with Crippen LogP contribution in [-0.4, -0.2) is 30.2 Å². The van der Waals surface area contributed by atoms with Gasteiger partial charge in [-0.15, -0.1) is 0 Å². The predicted octanol–water partition coefficient (Wildman–Crippen LogP) is 1.62. The normalized spacial score (nSPS) is 11.9. The number of hydrogen-bond donors (Lipinski definition) is 3. The summed E-state index contributed by atoms with van der Waals surface area (Å²) < 4.78 is 0. The molecule has 0 heterocycles. The zero-order valence-corrected chi connectivity index (χ0v) is 10.4. The quantitative estimate of drug-likeness (QED) is 0.703. The van der Waals surface area contributed by atoms with Crippen LogP contribution in [0.25, 0.3) is 0 Å². The molecular formula is C13H20N2O2. The zero-order chi connectivity index (χ0) is 12.7. The molecule has 1 unspecified atom stereocenters. The molecule has 4 nitrogen and oxygen atoms in total. The Balaban J connectivity index is 2.68. The van der Waals surface area contributed by atoms with Gasteiger partial charge in [0.1, 0.15) is 0 Å². The summed E-state index contributed by atoms with van der Waals surface area (Å²) in [7, 11) is 0. The monoisotopic (exact) mass is 236 g/mol. The van der Waals surface area contributed by atoms with E-state index < -0.39 is 0 Å². The van der Waals surface area contributed by atoms with Crippen molar-refractivity contribution in [1.29, 1.82) is 0 Å². The Bertz CT molecular complexity index is 366. The van der Waals surface area contributed by atoms with Gasteiger partial charge in [0.15, 0.2) is 0 Å². The van der Waals surface area contributed by atoms with E-state index in [0.717, 1.165) is 12.1 Å². The van der Waals surface area contributed by atoms with Gasteiger partial charge >= 0.3 is 0 Å². The summed E-state index contributed by atoms with van der Waals surface area (Å²) in [5.74, 6) is -0.160. The molecule has 0 aromatic heterocycles. The average Bonchev–Trinajstić information content (AvgIpc) is 2.36. The van der Waals surface area contributed by atoms with Gasteiger partial charge in [0, 0.05) is 23.8 Å². The fourth-order valence-electron chi connectivity index (χ4n) is 1.41. The van der Waals surface area contributed by atoms with Crippen molar-refractivity contribution in [2.75, 3.05) is 18.5 Å². The molecule has 0 saturated carbocycles. The van der Waals surface area contributed by atoms with Crippen molar-refractivity contribution >= 4 is 11.6 Å². The lowest BCUT2D eigenvalue weighted by atomic mass is 10.1. The predicted molar refractivity (Wildman–Crippen MR) is 69.2 cm³/mol. The van der Waals surface area contributed by atoms with Gasteiger partial charge in [-0.05, 0) is 31.5 Å². The number of carbonyl (C=O) groups excluding carboxylic acids is 1. The summed E-state index contributed by atoms with van der Waals surface area (Å²) in [6.07, 6.45) is 1.03. The molecule has 17 heavy (non-hydrogen) atoms. The van der Waals surface area contributed by atoms with Crippen LogP contribution in [-0.2, 0) is 0 Å². The molecule has 0 aliphatic carbocycles. The standard InChI is InChI=1S/C13H20N2O2/c1-3-10(2)15-12-6-4-5-11(9-12)13(17)14-7-8-16/h4-6,9-10,15-16H,3,7-8H2,1-2H3,(H,14,17). The third-order valence-corrected chi connectivity index (χ3v) is 2.55. The van der Waals surface area contributed by atoms with Crippen molar-refractivity contribution in [3.05, 3.63) is 29.8 Å². The number of carbonyl (C=O) groups is 1. The Hall–Kier alpha value is -1.55. The van der Waals surface area contributed by atoms with Gasteiger partial charge in [-0.1, -0.05) is 13.0 Å². The molecule has 1 rings (SSSR count). The van der Waals surface area contributed by atoms with Crippen molar-refractivity contribution in [2.45, 2.75) is 26.3 Å². The zero-order valence-electron chi connectivity index (χ0n) is 10.4. The van der Waals surface area contributed by atoms with E-state index in [-0.39, 0.29) is 19.1 Å². The lowest BCUT2D eigenvalue weighted by Gasteiger charge is -2.13. The topological polar surface area (TPSA) is 61.4 Å². The Labute approximate surface area is 102 Å². The van der Waals surface area contributed by atoms with Gasteiger partial charge in [0.25, 0.3) is 5.91 Å². The third-order valence-electron chi connectivity index (χ3n) is 2.55. The van der Waals surface area contributed by atoms with E-state index in [0.29, 0.717) is 11.6 Å². The van der Waals surface area contributed by atoms with Gasteiger partial charge in [0.2, 0.25) is 0 Å². The first-order chi connectivity index (χ1) is 8.17. The summed E-state index contributed by atoms with van der Waals surface area (Å²) in [4.78, 5) is 11.7.